The summed E-state index contributed by atoms with van der Waals surface area (Å²) >= 11 is 0. The zero-order valence-corrected chi connectivity index (χ0v) is 15.2. The molecule has 6 nitrogen and oxygen atoms in total. The predicted octanol–water partition coefficient (Wildman–Crippen LogP) is 4.47. The van der Waals surface area contributed by atoms with E-state index in [2.05, 4.69) is 15.8 Å². The molecule has 1 heterocycles. The Morgan fingerprint density at radius 1 is 1.11 bits per heavy atom. The molecule has 2 aromatic carbocycles. The van der Waals surface area contributed by atoms with Crippen LogP contribution in [0.4, 0.5) is 11.4 Å². The van der Waals surface area contributed by atoms with Crippen molar-refractivity contribution in [3.63, 3.8) is 0 Å². The molecule has 1 amide bonds. The smallest absolute Gasteiger partial charge is 0.261 e. The van der Waals surface area contributed by atoms with Crippen molar-refractivity contribution >= 4 is 22.9 Å². The molecule has 6 heteroatoms. The first-order valence-electron chi connectivity index (χ1n) is 8.65. The first kappa shape index (κ1) is 18.3. The number of carbonyl (C=O) groups excluding carboxylic acids is 1. The van der Waals surface area contributed by atoms with Crippen LogP contribution in [-0.4, -0.2) is 17.7 Å². The topological polar surface area (TPSA) is 76.4 Å². The van der Waals surface area contributed by atoms with Crippen molar-refractivity contribution in [1.29, 1.82) is 0 Å². The fraction of sp³-hybridized carbons (Fsp3) is 0.143. The van der Waals surface area contributed by atoms with Gasteiger partial charge in [-0.15, -0.1) is 0 Å². The molecule has 0 aliphatic heterocycles. The molecule has 3 rings (SSSR count). The van der Waals surface area contributed by atoms with Gasteiger partial charge in [0.2, 0.25) is 0 Å². The van der Waals surface area contributed by atoms with Gasteiger partial charge in [-0.05, 0) is 50.2 Å². The first-order chi connectivity index (χ1) is 13.2. The van der Waals surface area contributed by atoms with E-state index >= 15 is 0 Å². The molecule has 138 valence electrons. The quantitative estimate of drug-likeness (QED) is 0.606. The zero-order chi connectivity index (χ0) is 19.1. The van der Waals surface area contributed by atoms with E-state index < -0.39 is 0 Å². The van der Waals surface area contributed by atoms with E-state index in [0.29, 0.717) is 29.3 Å². The first-order valence-corrected chi connectivity index (χ1v) is 8.65. The zero-order valence-electron chi connectivity index (χ0n) is 15.2. The van der Waals surface area contributed by atoms with E-state index in [0.717, 1.165) is 11.4 Å². The monoisotopic (exact) mass is 363 g/mol. The molecule has 2 N–H and O–H groups in total. The molecule has 0 fully saturated rings. The fourth-order valence-corrected chi connectivity index (χ4v) is 2.43. The molecule has 0 unspecified atom stereocenters. The highest BCUT2D eigenvalue weighted by Gasteiger charge is 2.17. The molecule has 0 spiro atoms. The number of rotatable bonds is 7. The van der Waals surface area contributed by atoms with Crippen molar-refractivity contribution in [1.82, 2.24) is 5.16 Å². The Kier molecular flexibility index (Phi) is 5.89. The third-order valence-corrected chi connectivity index (χ3v) is 3.72. The predicted molar refractivity (Wildman–Crippen MR) is 106 cm³/mol. The van der Waals surface area contributed by atoms with Crippen LogP contribution in [0.2, 0.25) is 0 Å². The molecule has 0 saturated carbocycles. The molecule has 0 radical (unpaired) electrons. The largest absolute Gasteiger partial charge is 0.494 e. The highest BCUT2D eigenvalue weighted by atomic mass is 16.5. The molecule has 0 atom stereocenters. The third-order valence-electron chi connectivity index (χ3n) is 3.72. The van der Waals surface area contributed by atoms with Gasteiger partial charge in [-0.1, -0.05) is 23.4 Å². The average molecular weight is 363 g/mol. The normalized spacial score (nSPS) is 11.1. The van der Waals surface area contributed by atoms with Crippen molar-refractivity contribution in [2.24, 2.45) is 0 Å². The summed E-state index contributed by atoms with van der Waals surface area (Å²) in [4.78, 5) is 12.8. The number of hydrogen-bond acceptors (Lipinski definition) is 5. The standard InChI is InChI=1S/C21H21N3O3/c1-3-26-18-11-9-16(10-12-18)22-14-19(20-13-15(2)24-27-20)21(25)23-17-7-5-4-6-8-17/h4-14,22H,3H2,1-2H3,(H,23,25). The number of nitrogens with one attached hydrogen (secondary N) is 2. The van der Waals surface area contributed by atoms with Gasteiger partial charge in [-0.2, -0.15) is 0 Å². The number of aromatic nitrogens is 1. The van der Waals surface area contributed by atoms with Crippen molar-refractivity contribution in [2.45, 2.75) is 13.8 Å². The second-order valence-corrected chi connectivity index (χ2v) is 5.81. The van der Waals surface area contributed by atoms with Crippen molar-refractivity contribution < 1.29 is 14.1 Å². The molecule has 0 saturated heterocycles. The van der Waals surface area contributed by atoms with E-state index in [1.54, 1.807) is 19.2 Å². The van der Waals surface area contributed by atoms with Crippen molar-refractivity contribution in [2.75, 3.05) is 17.2 Å². The molecule has 0 aliphatic rings. The summed E-state index contributed by atoms with van der Waals surface area (Å²) in [5.74, 6) is 0.884. The van der Waals surface area contributed by atoms with E-state index in [9.17, 15) is 4.79 Å². The summed E-state index contributed by atoms with van der Waals surface area (Å²) in [6.07, 6.45) is 1.61. The summed E-state index contributed by atoms with van der Waals surface area (Å²) in [6, 6.07) is 18.4. The van der Waals surface area contributed by atoms with Crippen molar-refractivity contribution in [3.05, 3.63) is 78.3 Å². The molecular weight excluding hydrogens is 342 g/mol. The Balaban J connectivity index is 1.81. The lowest BCUT2D eigenvalue weighted by atomic mass is 10.2. The lowest BCUT2D eigenvalue weighted by molar-refractivity contribution is -0.111. The van der Waals surface area contributed by atoms with Crippen LogP contribution in [0.5, 0.6) is 5.75 Å². The van der Waals surface area contributed by atoms with Crippen LogP contribution in [-0.2, 0) is 4.79 Å². The highest BCUT2D eigenvalue weighted by molar-refractivity contribution is 6.24. The Morgan fingerprint density at radius 3 is 2.48 bits per heavy atom. The van der Waals surface area contributed by atoms with Crippen LogP contribution in [0, 0.1) is 6.92 Å². The Labute approximate surface area is 157 Å². The maximum absolute atomic E-state index is 12.8. The van der Waals surface area contributed by atoms with Gasteiger partial charge in [-0.3, -0.25) is 4.79 Å². The number of benzene rings is 2. The minimum atomic E-state index is -0.296. The number of para-hydroxylation sites is 1. The van der Waals surface area contributed by atoms with Gasteiger partial charge < -0.3 is 19.9 Å². The molecule has 1 aromatic heterocycles. The second-order valence-electron chi connectivity index (χ2n) is 5.81. The van der Waals surface area contributed by atoms with Gasteiger partial charge >= 0.3 is 0 Å². The summed E-state index contributed by atoms with van der Waals surface area (Å²) in [7, 11) is 0. The average Bonchev–Trinajstić information content (AvgIpc) is 3.10. The van der Waals surface area contributed by atoms with Gasteiger partial charge in [0, 0.05) is 23.6 Å². The lowest BCUT2D eigenvalue weighted by Gasteiger charge is -2.08. The summed E-state index contributed by atoms with van der Waals surface area (Å²) < 4.78 is 10.7. The Hall–Kier alpha value is -3.54. The van der Waals surface area contributed by atoms with Gasteiger partial charge in [0.05, 0.1) is 12.3 Å². The highest BCUT2D eigenvalue weighted by Crippen LogP contribution is 2.20. The van der Waals surface area contributed by atoms with Crippen molar-refractivity contribution in [3.8, 4) is 5.75 Å². The van der Waals surface area contributed by atoms with Crippen LogP contribution in [0.25, 0.3) is 5.57 Å². The fourth-order valence-electron chi connectivity index (χ4n) is 2.43. The second kappa shape index (κ2) is 8.71. The number of nitrogens with zero attached hydrogens (tertiary/aromatic N) is 1. The Bertz CT molecular complexity index is 915. The minimum absolute atomic E-state index is 0.296. The van der Waals surface area contributed by atoms with Gasteiger partial charge in [0.25, 0.3) is 5.91 Å². The number of carbonyl (C=O) groups is 1. The molecule has 27 heavy (non-hydrogen) atoms. The maximum Gasteiger partial charge on any atom is 0.261 e. The Morgan fingerprint density at radius 2 is 1.85 bits per heavy atom. The van der Waals surface area contributed by atoms with Gasteiger partial charge in [0.15, 0.2) is 5.76 Å². The van der Waals surface area contributed by atoms with Gasteiger partial charge in [0.1, 0.15) is 11.3 Å². The van der Waals surface area contributed by atoms with E-state index in [-0.39, 0.29) is 5.91 Å². The van der Waals surface area contributed by atoms with Crippen LogP contribution < -0.4 is 15.4 Å². The molecule has 0 bridgehead atoms. The molecule has 3 aromatic rings. The number of ether oxygens (including phenoxy) is 1. The van der Waals surface area contributed by atoms with E-state index in [4.69, 9.17) is 9.26 Å². The molecular formula is C21H21N3O3. The number of anilines is 2. The van der Waals surface area contributed by atoms with Gasteiger partial charge in [-0.25, -0.2) is 0 Å². The van der Waals surface area contributed by atoms with Crippen LogP contribution >= 0.6 is 0 Å². The number of aryl methyl sites for hydroxylation is 1. The van der Waals surface area contributed by atoms with E-state index in [1.165, 1.54) is 0 Å². The third kappa shape index (κ3) is 4.98. The lowest BCUT2D eigenvalue weighted by Crippen LogP contribution is -2.14. The summed E-state index contributed by atoms with van der Waals surface area (Å²) in [5, 5.41) is 9.85. The SMILES string of the molecule is CCOc1ccc(NC=C(C(=O)Nc2ccccc2)c2cc(C)no2)cc1. The van der Waals surface area contributed by atoms with Crippen LogP contribution in [0.15, 0.2) is 71.4 Å². The number of amides is 1. The maximum atomic E-state index is 12.8. The summed E-state index contributed by atoms with van der Waals surface area (Å²) in [6.45, 7) is 4.35. The van der Waals surface area contributed by atoms with E-state index in [1.807, 2.05) is 61.5 Å². The minimum Gasteiger partial charge on any atom is -0.494 e. The summed E-state index contributed by atoms with van der Waals surface area (Å²) in [5.41, 5.74) is 2.56. The van der Waals surface area contributed by atoms with Crippen LogP contribution in [0.1, 0.15) is 18.4 Å². The number of hydrogen-bond donors (Lipinski definition) is 2. The molecule has 0 aliphatic carbocycles. The van der Waals surface area contributed by atoms with Crippen LogP contribution in [0.3, 0.4) is 0 Å².